The van der Waals surface area contributed by atoms with Crippen molar-refractivity contribution in [2.75, 3.05) is 0 Å². The molecule has 0 spiro atoms. The Kier molecular flexibility index (Phi) is 2.93. The Morgan fingerprint density at radius 2 is 1.24 bits per heavy atom. The Morgan fingerprint density at radius 3 is 2.10 bits per heavy atom. The molecule has 3 aromatic rings. The maximum atomic E-state index is 2.31. The molecule has 0 aromatic heterocycles. The smallest absolute Gasteiger partial charge is 0.0284 e. The van der Waals surface area contributed by atoms with Gasteiger partial charge in [0.1, 0.15) is 0 Å². The standard InChI is InChI=1S/C21H16/c1-2-8-16(9-3-1)18-12-6-7-13-20(18)21-15-14-17-10-4-5-11-19(17)21/h1-15,21H. The Hall–Kier alpha value is -2.60. The van der Waals surface area contributed by atoms with Crippen LogP contribution in [0.5, 0.6) is 0 Å². The second-order valence-corrected chi connectivity index (χ2v) is 5.42. The van der Waals surface area contributed by atoms with Gasteiger partial charge in [-0.3, -0.25) is 0 Å². The molecular weight excluding hydrogens is 252 g/mol. The molecule has 0 radical (unpaired) electrons. The summed E-state index contributed by atoms with van der Waals surface area (Å²) in [4.78, 5) is 0. The number of hydrogen-bond donors (Lipinski definition) is 0. The summed E-state index contributed by atoms with van der Waals surface area (Å²) < 4.78 is 0. The Balaban J connectivity index is 1.87. The molecule has 1 aliphatic rings. The molecule has 4 rings (SSSR count). The van der Waals surface area contributed by atoms with Crippen LogP contribution in [0, 0.1) is 0 Å². The van der Waals surface area contributed by atoms with E-state index in [0.717, 1.165) is 0 Å². The van der Waals surface area contributed by atoms with Crippen LogP contribution in [0.25, 0.3) is 17.2 Å². The van der Waals surface area contributed by atoms with Crippen molar-refractivity contribution in [1.29, 1.82) is 0 Å². The molecule has 0 amide bonds. The molecule has 3 aromatic carbocycles. The van der Waals surface area contributed by atoms with Gasteiger partial charge < -0.3 is 0 Å². The van der Waals surface area contributed by atoms with Crippen LogP contribution in [0.4, 0.5) is 0 Å². The van der Waals surface area contributed by atoms with Crippen LogP contribution < -0.4 is 0 Å². The van der Waals surface area contributed by atoms with E-state index in [9.17, 15) is 0 Å². The van der Waals surface area contributed by atoms with E-state index in [2.05, 4.69) is 91.0 Å². The second-order valence-electron chi connectivity index (χ2n) is 5.42. The molecule has 0 saturated carbocycles. The minimum atomic E-state index is 0.359. The first-order chi connectivity index (χ1) is 10.4. The molecule has 0 heteroatoms. The summed E-state index contributed by atoms with van der Waals surface area (Å²) in [5.74, 6) is 0.359. The molecule has 1 atom stereocenters. The van der Waals surface area contributed by atoms with Crippen LogP contribution in [0.1, 0.15) is 22.6 Å². The maximum absolute atomic E-state index is 2.31. The maximum Gasteiger partial charge on any atom is 0.0284 e. The minimum Gasteiger partial charge on any atom is -0.0720 e. The molecule has 100 valence electrons. The zero-order chi connectivity index (χ0) is 14.1. The molecule has 0 heterocycles. The van der Waals surface area contributed by atoms with Crippen molar-refractivity contribution in [2.24, 2.45) is 0 Å². The van der Waals surface area contributed by atoms with Crippen LogP contribution in [0.2, 0.25) is 0 Å². The summed E-state index contributed by atoms with van der Waals surface area (Å²) in [6.07, 6.45) is 4.55. The molecule has 0 bridgehead atoms. The quantitative estimate of drug-likeness (QED) is 0.574. The third-order valence-corrected chi connectivity index (χ3v) is 4.18. The van der Waals surface area contributed by atoms with E-state index in [1.54, 1.807) is 0 Å². The average molecular weight is 268 g/mol. The number of benzene rings is 3. The largest absolute Gasteiger partial charge is 0.0720 e. The van der Waals surface area contributed by atoms with Crippen molar-refractivity contribution in [1.82, 2.24) is 0 Å². The number of hydrogen-bond acceptors (Lipinski definition) is 0. The first-order valence-corrected chi connectivity index (χ1v) is 7.35. The van der Waals surface area contributed by atoms with Crippen LogP contribution in [-0.4, -0.2) is 0 Å². The first kappa shape index (κ1) is 12.2. The SMILES string of the molecule is C1=CC(c2ccccc2-c2ccccc2)c2ccccc21. The molecule has 0 nitrogen and oxygen atoms in total. The van der Waals surface area contributed by atoms with Gasteiger partial charge in [-0.15, -0.1) is 0 Å². The zero-order valence-electron chi connectivity index (χ0n) is 11.7. The van der Waals surface area contributed by atoms with E-state index in [0.29, 0.717) is 5.92 Å². The van der Waals surface area contributed by atoms with E-state index in [1.807, 2.05) is 0 Å². The van der Waals surface area contributed by atoms with Gasteiger partial charge in [-0.2, -0.15) is 0 Å². The predicted octanol–water partition coefficient (Wildman–Crippen LogP) is 5.51. The number of fused-ring (bicyclic) bond motifs is 1. The Labute approximate surface area is 125 Å². The van der Waals surface area contributed by atoms with Crippen LogP contribution >= 0.6 is 0 Å². The van der Waals surface area contributed by atoms with Gasteiger partial charge in [0, 0.05) is 5.92 Å². The van der Waals surface area contributed by atoms with Crippen molar-refractivity contribution in [3.05, 3.63) is 102 Å². The first-order valence-electron chi connectivity index (χ1n) is 7.35. The summed E-state index contributed by atoms with van der Waals surface area (Å²) in [5, 5.41) is 0. The van der Waals surface area contributed by atoms with E-state index >= 15 is 0 Å². The summed E-state index contributed by atoms with van der Waals surface area (Å²) in [7, 11) is 0. The normalized spacial score (nSPS) is 15.9. The van der Waals surface area contributed by atoms with Gasteiger partial charge in [0.15, 0.2) is 0 Å². The zero-order valence-corrected chi connectivity index (χ0v) is 11.7. The molecule has 0 aliphatic heterocycles. The average Bonchev–Trinajstić information content (AvgIpc) is 3.00. The highest BCUT2D eigenvalue weighted by atomic mass is 14.2. The number of rotatable bonds is 2. The Bertz CT molecular complexity index is 797. The van der Waals surface area contributed by atoms with Crippen LogP contribution in [0.3, 0.4) is 0 Å². The van der Waals surface area contributed by atoms with Gasteiger partial charge in [-0.1, -0.05) is 91.0 Å². The molecule has 0 saturated heterocycles. The lowest BCUT2D eigenvalue weighted by Crippen LogP contribution is -1.98. The summed E-state index contributed by atoms with van der Waals surface area (Å²) in [6, 6.07) is 28.0. The molecule has 21 heavy (non-hydrogen) atoms. The van der Waals surface area contributed by atoms with Gasteiger partial charge in [-0.25, -0.2) is 0 Å². The second kappa shape index (κ2) is 5.06. The number of allylic oxidation sites excluding steroid dienone is 1. The molecular formula is C21H16. The lowest BCUT2D eigenvalue weighted by molar-refractivity contribution is 1.05. The third kappa shape index (κ3) is 2.09. The lowest BCUT2D eigenvalue weighted by Gasteiger charge is -2.16. The summed E-state index contributed by atoms with van der Waals surface area (Å²) in [6.45, 7) is 0. The van der Waals surface area contributed by atoms with Crippen molar-refractivity contribution in [3.63, 3.8) is 0 Å². The highest BCUT2D eigenvalue weighted by molar-refractivity contribution is 5.73. The van der Waals surface area contributed by atoms with Crippen molar-refractivity contribution in [3.8, 4) is 11.1 Å². The van der Waals surface area contributed by atoms with Gasteiger partial charge in [0.2, 0.25) is 0 Å². The molecule has 0 N–H and O–H groups in total. The van der Waals surface area contributed by atoms with E-state index in [1.165, 1.54) is 27.8 Å². The van der Waals surface area contributed by atoms with Gasteiger partial charge in [0.05, 0.1) is 0 Å². The fourth-order valence-electron chi connectivity index (χ4n) is 3.17. The fraction of sp³-hybridized carbons (Fsp3) is 0.0476. The summed E-state index contributed by atoms with van der Waals surface area (Å²) >= 11 is 0. The topological polar surface area (TPSA) is 0 Å². The molecule has 0 fully saturated rings. The van der Waals surface area contributed by atoms with E-state index in [4.69, 9.17) is 0 Å². The fourth-order valence-corrected chi connectivity index (χ4v) is 3.17. The van der Waals surface area contributed by atoms with E-state index in [-0.39, 0.29) is 0 Å². The van der Waals surface area contributed by atoms with E-state index < -0.39 is 0 Å². The van der Waals surface area contributed by atoms with Gasteiger partial charge in [-0.05, 0) is 27.8 Å². The highest BCUT2D eigenvalue weighted by Gasteiger charge is 2.21. The molecule has 1 aliphatic carbocycles. The lowest BCUT2D eigenvalue weighted by atomic mass is 9.87. The van der Waals surface area contributed by atoms with Crippen molar-refractivity contribution >= 4 is 6.08 Å². The van der Waals surface area contributed by atoms with Gasteiger partial charge in [0.25, 0.3) is 0 Å². The van der Waals surface area contributed by atoms with Crippen molar-refractivity contribution < 1.29 is 0 Å². The van der Waals surface area contributed by atoms with Gasteiger partial charge >= 0.3 is 0 Å². The minimum absolute atomic E-state index is 0.359. The predicted molar refractivity (Wildman–Crippen MR) is 89.2 cm³/mol. The summed E-state index contributed by atoms with van der Waals surface area (Å²) in [5.41, 5.74) is 6.73. The van der Waals surface area contributed by atoms with Crippen LogP contribution in [0.15, 0.2) is 84.9 Å². The third-order valence-electron chi connectivity index (χ3n) is 4.18. The highest BCUT2D eigenvalue weighted by Crippen LogP contribution is 2.39. The van der Waals surface area contributed by atoms with Crippen LogP contribution in [-0.2, 0) is 0 Å². The monoisotopic (exact) mass is 268 g/mol. The Morgan fingerprint density at radius 1 is 0.571 bits per heavy atom. The van der Waals surface area contributed by atoms with Crippen molar-refractivity contribution in [2.45, 2.75) is 5.92 Å². The molecule has 1 unspecified atom stereocenters.